The average molecular weight is 399 g/mol. The van der Waals surface area contributed by atoms with Crippen LogP contribution in [0.2, 0.25) is 0 Å². The molecule has 0 heterocycles. The number of aliphatic carboxylic acids is 2. The number of halogens is 3. The molecule has 2 aromatic rings. The lowest BCUT2D eigenvalue weighted by molar-refractivity contribution is -0.141. The first-order valence-corrected chi connectivity index (χ1v) is 7.98. The van der Waals surface area contributed by atoms with Gasteiger partial charge in [0, 0.05) is 12.0 Å². The van der Waals surface area contributed by atoms with Crippen LogP contribution in [0, 0.1) is 0 Å². The topological polar surface area (TPSA) is 113 Å². The lowest BCUT2D eigenvalue weighted by Gasteiger charge is -2.17. The van der Waals surface area contributed by atoms with Gasteiger partial charge in [0.15, 0.2) is 0 Å². The number of amides is 1. The van der Waals surface area contributed by atoms with Crippen molar-refractivity contribution in [3.05, 3.63) is 41.5 Å². The maximum Gasteiger partial charge on any atom is 0.420 e. The number of methoxy groups -OCH3 is 1. The van der Waals surface area contributed by atoms with E-state index in [1.54, 1.807) is 0 Å². The molecule has 0 saturated heterocycles. The predicted molar refractivity (Wildman–Crippen MR) is 91.3 cm³/mol. The number of ether oxygens (including phenoxy) is 1. The molecule has 1 amide bonds. The Morgan fingerprint density at radius 2 is 1.79 bits per heavy atom. The summed E-state index contributed by atoms with van der Waals surface area (Å²) in [5.41, 5.74) is -1.23. The molecule has 2 rings (SSSR count). The second-order valence-electron chi connectivity index (χ2n) is 5.84. The van der Waals surface area contributed by atoms with Gasteiger partial charge in [-0.2, -0.15) is 13.2 Å². The Morgan fingerprint density at radius 1 is 1.11 bits per heavy atom. The minimum atomic E-state index is -4.74. The molecule has 7 nitrogen and oxygen atoms in total. The van der Waals surface area contributed by atoms with Crippen molar-refractivity contribution < 1.29 is 42.5 Å². The SMILES string of the molecule is COc1ccc2c(C(=O)N[C@@H](CCC(=O)O)C(=O)O)cccc2c1C(F)(F)F. The molecule has 0 aliphatic heterocycles. The van der Waals surface area contributed by atoms with Crippen LogP contribution in [0.15, 0.2) is 30.3 Å². The number of carbonyl (C=O) groups is 3. The quantitative estimate of drug-likeness (QED) is 0.660. The summed E-state index contributed by atoms with van der Waals surface area (Å²) >= 11 is 0. The van der Waals surface area contributed by atoms with E-state index in [1.807, 2.05) is 0 Å². The average Bonchev–Trinajstić information content (AvgIpc) is 2.61. The molecular weight excluding hydrogens is 383 g/mol. The van der Waals surface area contributed by atoms with E-state index in [0.717, 1.165) is 13.2 Å². The van der Waals surface area contributed by atoms with Crippen molar-refractivity contribution in [3.8, 4) is 5.75 Å². The highest BCUT2D eigenvalue weighted by Gasteiger charge is 2.37. The highest BCUT2D eigenvalue weighted by atomic mass is 19.4. The van der Waals surface area contributed by atoms with E-state index in [0.29, 0.717) is 0 Å². The molecule has 1 atom stereocenters. The predicted octanol–water partition coefficient (Wildman–Crippen LogP) is 2.92. The van der Waals surface area contributed by atoms with E-state index < -0.39 is 47.8 Å². The summed E-state index contributed by atoms with van der Waals surface area (Å²) in [5.74, 6) is -4.04. The molecule has 0 fully saturated rings. The minimum absolute atomic E-state index is 0.0458. The van der Waals surface area contributed by atoms with Crippen LogP contribution < -0.4 is 10.1 Å². The number of nitrogens with one attached hydrogen (secondary N) is 1. The van der Waals surface area contributed by atoms with Crippen LogP contribution in [0.5, 0.6) is 5.75 Å². The second-order valence-corrected chi connectivity index (χ2v) is 5.84. The number of fused-ring (bicyclic) bond motifs is 1. The molecule has 3 N–H and O–H groups in total. The number of rotatable bonds is 7. The first-order chi connectivity index (χ1) is 13.1. The van der Waals surface area contributed by atoms with Crippen LogP contribution in [-0.4, -0.2) is 41.2 Å². The van der Waals surface area contributed by atoms with Crippen LogP contribution in [0.25, 0.3) is 10.8 Å². The van der Waals surface area contributed by atoms with E-state index >= 15 is 0 Å². The van der Waals surface area contributed by atoms with Crippen molar-refractivity contribution in [1.29, 1.82) is 0 Å². The van der Waals surface area contributed by atoms with E-state index in [9.17, 15) is 27.6 Å². The second kappa shape index (κ2) is 8.15. The normalized spacial score (nSPS) is 12.4. The molecule has 0 unspecified atom stereocenters. The van der Waals surface area contributed by atoms with Crippen LogP contribution in [-0.2, 0) is 15.8 Å². The number of hydrogen-bond donors (Lipinski definition) is 3. The highest BCUT2D eigenvalue weighted by Crippen LogP contribution is 2.41. The van der Waals surface area contributed by atoms with Gasteiger partial charge in [-0.3, -0.25) is 9.59 Å². The Balaban J connectivity index is 2.48. The van der Waals surface area contributed by atoms with Gasteiger partial charge in [-0.25, -0.2) is 4.79 Å². The van der Waals surface area contributed by atoms with Gasteiger partial charge < -0.3 is 20.3 Å². The fourth-order valence-electron chi connectivity index (χ4n) is 2.76. The van der Waals surface area contributed by atoms with Crippen LogP contribution >= 0.6 is 0 Å². The molecule has 0 saturated carbocycles. The first-order valence-electron chi connectivity index (χ1n) is 7.98. The van der Waals surface area contributed by atoms with Crippen molar-refractivity contribution in [3.63, 3.8) is 0 Å². The monoisotopic (exact) mass is 399 g/mol. The Morgan fingerprint density at radius 3 is 2.32 bits per heavy atom. The Labute approximate surface area is 156 Å². The first kappa shape index (κ1) is 21.0. The maximum atomic E-state index is 13.5. The lowest BCUT2D eigenvalue weighted by Crippen LogP contribution is -2.41. The van der Waals surface area contributed by atoms with Crippen molar-refractivity contribution in [2.75, 3.05) is 7.11 Å². The Kier molecular flexibility index (Phi) is 6.12. The molecule has 150 valence electrons. The lowest BCUT2D eigenvalue weighted by atomic mass is 9.98. The number of benzene rings is 2. The van der Waals surface area contributed by atoms with E-state index in [4.69, 9.17) is 14.9 Å². The van der Waals surface area contributed by atoms with Gasteiger partial charge in [0.1, 0.15) is 17.4 Å². The van der Waals surface area contributed by atoms with Crippen LogP contribution in [0.1, 0.15) is 28.8 Å². The van der Waals surface area contributed by atoms with Crippen molar-refractivity contribution >= 4 is 28.6 Å². The van der Waals surface area contributed by atoms with Crippen molar-refractivity contribution in [1.82, 2.24) is 5.32 Å². The number of carboxylic acid groups (broad SMARTS) is 2. The summed E-state index contributed by atoms with van der Waals surface area (Å²) in [6.45, 7) is 0. The summed E-state index contributed by atoms with van der Waals surface area (Å²) in [6.07, 6.45) is -5.62. The summed E-state index contributed by atoms with van der Waals surface area (Å²) in [5, 5.41) is 19.6. The summed E-state index contributed by atoms with van der Waals surface area (Å²) in [6, 6.07) is 4.50. The molecule has 0 aliphatic carbocycles. The molecule has 0 radical (unpaired) electrons. The van der Waals surface area contributed by atoms with Crippen LogP contribution in [0.4, 0.5) is 13.2 Å². The van der Waals surface area contributed by atoms with Gasteiger partial charge in [-0.05, 0) is 35.4 Å². The zero-order valence-electron chi connectivity index (χ0n) is 14.5. The van der Waals surface area contributed by atoms with E-state index in [2.05, 4.69) is 5.32 Å². The maximum absolute atomic E-state index is 13.5. The molecule has 2 aromatic carbocycles. The van der Waals surface area contributed by atoms with E-state index in [-0.39, 0.29) is 22.8 Å². The fraction of sp³-hybridized carbons (Fsp3) is 0.278. The Bertz CT molecular complexity index is 925. The van der Waals surface area contributed by atoms with Gasteiger partial charge in [-0.15, -0.1) is 0 Å². The molecule has 0 spiro atoms. The minimum Gasteiger partial charge on any atom is -0.496 e. The molecule has 28 heavy (non-hydrogen) atoms. The standard InChI is InChI=1S/C18H16F3NO6/c1-28-13-7-5-9-10(15(13)18(19,20)21)3-2-4-11(9)16(25)22-12(17(26)27)6-8-14(23)24/h2-5,7,12H,6,8H2,1H3,(H,22,25)(H,23,24)(H,26,27)/t12-/m0/s1. The molecule has 0 aliphatic rings. The third-order valence-corrected chi connectivity index (χ3v) is 4.02. The smallest absolute Gasteiger partial charge is 0.420 e. The van der Waals surface area contributed by atoms with Gasteiger partial charge in [0.2, 0.25) is 0 Å². The molecule has 0 aromatic heterocycles. The number of alkyl halides is 3. The molecule has 0 bridgehead atoms. The molecule has 10 heteroatoms. The number of carbonyl (C=O) groups excluding carboxylic acids is 1. The number of hydrogen-bond acceptors (Lipinski definition) is 4. The fourth-order valence-corrected chi connectivity index (χ4v) is 2.76. The van der Waals surface area contributed by atoms with Crippen LogP contribution in [0.3, 0.4) is 0 Å². The summed E-state index contributed by atoms with van der Waals surface area (Å²) in [7, 11) is 1.09. The Hall–Kier alpha value is -3.30. The van der Waals surface area contributed by atoms with Crippen molar-refractivity contribution in [2.24, 2.45) is 0 Å². The van der Waals surface area contributed by atoms with Crippen molar-refractivity contribution in [2.45, 2.75) is 25.1 Å². The third-order valence-electron chi connectivity index (χ3n) is 4.02. The molecular formula is C18H16F3NO6. The zero-order valence-corrected chi connectivity index (χ0v) is 14.5. The number of carboxylic acids is 2. The zero-order chi connectivity index (χ0) is 21.1. The van der Waals surface area contributed by atoms with Gasteiger partial charge in [0.25, 0.3) is 5.91 Å². The highest BCUT2D eigenvalue weighted by molar-refractivity contribution is 6.09. The van der Waals surface area contributed by atoms with Gasteiger partial charge in [0.05, 0.1) is 7.11 Å². The largest absolute Gasteiger partial charge is 0.496 e. The third kappa shape index (κ3) is 4.51. The summed E-state index contributed by atoms with van der Waals surface area (Å²) in [4.78, 5) is 34.4. The summed E-state index contributed by atoms with van der Waals surface area (Å²) < 4.78 is 45.2. The van der Waals surface area contributed by atoms with Gasteiger partial charge >= 0.3 is 18.1 Å². The van der Waals surface area contributed by atoms with Gasteiger partial charge in [-0.1, -0.05) is 12.1 Å². The van der Waals surface area contributed by atoms with E-state index in [1.165, 1.54) is 24.3 Å².